The second-order valence-corrected chi connectivity index (χ2v) is 7.01. The van der Waals surface area contributed by atoms with Crippen molar-refractivity contribution in [3.05, 3.63) is 71.3 Å². The number of hydrogen-bond acceptors (Lipinski definition) is 6. The van der Waals surface area contributed by atoms with Crippen LogP contribution >= 0.6 is 0 Å². The van der Waals surface area contributed by atoms with E-state index >= 15 is 0 Å². The van der Waals surface area contributed by atoms with E-state index in [-0.39, 0.29) is 19.6 Å². The minimum absolute atomic E-state index is 0.0267. The fraction of sp³-hybridized carbons (Fsp3) is 0.227. The Bertz CT molecular complexity index is 999. The molecule has 148 valence electrons. The van der Waals surface area contributed by atoms with E-state index in [1.54, 1.807) is 0 Å². The van der Waals surface area contributed by atoms with Crippen molar-refractivity contribution in [3.8, 4) is 5.75 Å². The van der Waals surface area contributed by atoms with Gasteiger partial charge in [-0.1, -0.05) is 53.7 Å². The summed E-state index contributed by atoms with van der Waals surface area (Å²) in [5.41, 5.74) is 1.39. The maximum Gasteiger partial charge on any atom is 0.268 e. The second kappa shape index (κ2) is 7.79. The Morgan fingerprint density at radius 2 is 1.86 bits per heavy atom. The predicted octanol–water partition coefficient (Wildman–Crippen LogP) is 1.43. The van der Waals surface area contributed by atoms with Crippen LogP contribution in [0.1, 0.15) is 24.0 Å². The number of nitrogens with zero attached hydrogens (tertiary/aromatic N) is 1. The van der Waals surface area contributed by atoms with Crippen LogP contribution in [-0.4, -0.2) is 29.8 Å². The standard InChI is InChI=1S/C22H20N2O5/c25-20(26)12-22(21(27)23-13-15-6-2-1-3-7-15)11-18(24-29-22)17-10-16-8-4-5-9-19(16)28-14-17/h1-10H,11-14H2,(H,23,27)(H,25,26)/p-1/t22-/m1/s1. The van der Waals surface area contributed by atoms with E-state index in [0.29, 0.717) is 5.71 Å². The van der Waals surface area contributed by atoms with E-state index in [2.05, 4.69) is 10.5 Å². The lowest BCUT2D eigenvalue weighted by atomic mass is 9.89. The highest BCUT2D eigenvalue weighted by atomic mass is 16.7. The van der Waals surface area contributed by atoms with E-state index in [1.807, 2.05) is 60.7 Å². The molecule has 0 saturated carbocycles. The number of ether oxygens (including phenoxy) is 1. The summed E-state index contributed by atoms with van der Waals surface area (Å²) in [6, 6.07) is 16.9. The molecule has 2 aromatic carbocycles. The zero-order valence-electron chi connectivity index (χ0n) is 15.6. The van der Waals surface area contributed by atoms with Crippen molar-refractivity contribution in [1.29, 1.82) is 0 Å². The van der Waals surface area contributed by atoms with Crippen molar-refractivity contribution < 1.29 is 24.3 Å². The van der Waals surface area contributed by atoms with Crippen LogP contribution in [0.4, 0.5) is 0 Å². The number of carbonyl (C=O) groups is 2. The molecule has 2 aromatic rings. The Morgan fingerprint density at radius 1 is 1.10 bits per heavy atom. The molecule has 0 radical (unpaired) electrons. The van der Waals surface area contributed by atoms with E-state index in [1.165, 1.54) is 0 Å². The smallest absolute Gasteiger partial charge is 0.268 e. The van der Waals surface area contributed by atoms with Gasteiger partial charge in [0.2, 0.25) is 5.60 Å². The van der Waals surface area contributed by atoms with Crippen molar-refractivity contribution in [2.24, 2.45) is 5.16 Å². The Morgan fingerprint density at radius 3 is 2.66 bits per heavy atom. The minimum Gasteiger partial charge on any atom is -0.550 e. The molecule has 7 heteroatoms. The molecule has 1 amide bonds. The van der Waals surface area contributed by atoms with Gasteiger partial charge in [0.25, 0.3) is 5.91 Å². The summed E-state index contributed by atoms with van der Waals surface area (Å²) in [7, 11) is 0. The van der Waals surface area contributed by atoms with E-state index in [9.17, 15) is 14.7 Å². The summed E-state index contributed by atoms with van der Waals surface area (Å²) in [5.74, 6) is -1.16. The Kier molecular flexibility index (Phi) is 5.03. The van der Waals surface area contributed by atoms with Gasteiger partial charge >= 0.3 is 0 Å². The molecular formula is C22H19N2O5-. The number of hydrogen-bond donors (Lipinski definition) is 1. The van der Waals surface area contributed by atoms with Gasteiger partial charge in [0.05, 0.1) is 5.71 Å². The number of carboxylic acid groups (broad SMARTS) is 1. The van der Waals surface area contributed by atoms with Gasteiger partial charge in [-0.15, -0.1) is 0 Å². The molecule has 2 aliphatic heterocycles. The van der Waals surface area contributed by atoms with Gasteiger partial charge in [-0.3, -0.25) is 4.79 Å². The zero-order valence-corrected chi connectivity index (χ0v) is 15.6. The number of rotatable bonds is 6. The maximum atomic E-state index is 12.9. The molecular weight excluding hydrogens is 372 g/mol. The summed E-state index contributed by atoms with van der Waals surface area (Å²) in [6.07, 6.45) is 1.35. The molecule has 2 aliphatic rings. The average molecular weight is 391 g/mol. The zero-order chi connectivity index (χ0) is 20.3. The number of carbonyl (C=O) groups excluding carboxylic acids is 2. The highest BCUT2D eigenvalue weighted by Crippen LogP contribution is 2.34. The molecule has 2 heterocycles. The second-order valence-electron chi connectivity index (χ2n) is 7.01. The third-order valence-corrected chi connectivity index (χ3v) is 4.93. The SMILES string of the molecule is O=C([O-])C[C@@]1(C(=O)NCc2ccccc2)CC(C2=Cc3ccccc3OC2)=NO1. The summed E-state index contributed by atoms with van der Waals surface area (Å²) in [4.78, 5) is 29.6. The third-order valence-electron chi connectivity index (χ3n) is 4.93. The normalized spacial score (nSPS) is 19.9. The lowest BCUT2D eigenvalue weighted by Crippen LogP contribution is -2.50. The van der Waals surface area contributed by atoms with Crippen molar-refractivity contribution >= 4 is 23.7 Å². The number of fused-ring (bicyclic) bond motifs is 1. The summed E-state index contributed by atoms with van der Waals surface area (Å²) < 4.78 is 5.73. The van der Waals surface area contributed by atoms with Crippen LogP contribution in [0.15, 0.2) is 65.3 Å². The topological polar surface area (TPSA) is 100 Å². The van der Waals surface area contributed by atoms with Gasteiger partial charge in [0, 0.05) is 36.5 Å². The minimum atomic E-state index is -1.64. The van der Waals surface area contributed by atoms with E-state index in [0.717, 1.165) is 22.4 Å². The lowest BCUT2D eigenvalue weighted by molar-refractivity contribution is -0.309. The molecule has 0 fully saturated rings. The summed E-state index contributed by atoms with van der Waals surface area (Å²) in [6.45, 7) is 0.526. The highest BCUT2D eigenvalue weighted by molar-refractivity contribution is 6.09. The fourth-order valence-corrected chi connectivity index (χ4v) is 3.40. The first kappa shape index (κ1) is 18.7. The number of nitrogens with one attached hydrogen (secondary N) is 1. The fourth-order valence-electron chi connectivity index (χ4n) is 3.40. The van der Waals surface area contributed by atoms with Gasteiger partial charge in [-0.05, 0) is 17.7 Å². The first-order valence-electron chi connectivity index (χ1n) is 9.26. The quantitative estimate of drug-likeness (QED) is 0.803. The molecule has 0 spiro atoms. The van der Waals surface area contributed by atoms with Gasteiger partial charge < -0.3 is 24.8 Å². The first-order valence-corrected chi connectivity index (χ1v) is 9.26. The predicted molar refractivity (Wildman–Crippen MR) is 104 cm³/mol. The van der Waals surface area contributed by atoms with Crippen LogP contribution in [0.3, 0.4) is 0 Å². The van der Waals surface area contributed by atoms with Crippen LogP contribution in [0.2, 0.25) is 0 Å². The number of amides is 1. The largest absolute Gasteiger partial charge is 0.550 e. The molecule has 1 N–H and O–H groups in total. The van der Waals surface area contributed by atoms with E-state index in [4.69, 9.17) is 9.57 Å². The number of oxime groups is 1. The number of benzene rings is 2. The van der Waals surface area contributed by atoms with Crippen LogP contribution in [-0.2, 0) is 21.0 Å². The van der Waals surface area contributed by atoms with Gasteiger partial charge in [0.1, 0.15) is 12.4 Å². The Hall–Kier alpha value is -3.61. The molecule has 0 saturated heterocycles. The van der Waals surface area contributed by atoms with Gasteiger partial charge in [0.15, 0.2) is 0 Å². The van der Waals surface area contributed by atoms with Crippen LogP contribution in [0.25, 0.3) is 6.08 Å². The van der Waals surface area contributed by atoms with Crippen LogP contribution < -0.4 is 15.2 Å². The Labute approximate surface area is 167 Å². The molecule has 29 heavy (non-hydrogen) atoms. The molecule has 0 aliphatic carbocycles. The van der Waals surface area contributed by atoms with Gasteiger partial charge in [-0.25, -0.2) is 0 Å². The summed E-state index contributed by atoms with van der Waals surface area (Å²) >= 11 is 0. The molecule has 1 atom stereocenters. The maximum absolute atomic E-state index is 12.9. The highest BCUT2D eigenvalue weighted by Gasteiger charge is 2.47. The monoisotopic (exact) mass is 391 g/mol. The number of para-hydroxylation sites is 1. The molecule has 7 nitrogen and oxygen atoms in total. The van der Waals surface area contributed by atoms with Crippen molar-refractivity contribution in [2.45, 2.75) is 25.0 Å². The van der Waals surface area contributed by atoms with E-state index < -0.39 is 23.9 Å². The van der Waals surface area contributed by atoms with Crippen molar-refractivity contribution in [3.63, 3.8) is 0 Å². The Balaban J connectivity index is 1.51. The lowest BCUT2D eigenvalue weighted by Gasteiger charge is -2.26. The molecule has 4 rings (SSSR count). The number of carboxylic acids is 1. The third kappa shape index (κ3) is 3.99. The van der Waals surface area contributed by atoms with Gasteiger partial charge in [-0.2, -0.15) is 0 Å². The molecule has 0 aromatic heterocycles. The van der Waals surface area contributed by atoms with Crippen molar-refractivity contribution in [1.82, 2.24) is 5.32 Å². The summed E-state index contributed by atoms with van der Waals surface area (Å²) in [5, 5.41) is 18.1. The van der Waals surface area contributed by atoms with Crippen LogP contribution in [0, 0.1) is 0 Å². The van der Waals surface area contributed by atoms with Crippen LogP contribution in [0.5, 0.6) is 5.75 Å². The molecule has 0 bridgehead atoms. The number of aliphatic carboxylic acids is 1. The average Bonchev–Trinajstić information content (AvgIpc) is 3.17. The van der Waals surface area contributed by atoms with Crippen molar-refractivity contribution in [2.75, 3.05) is 6.61 Å². The molecule has 0 unspecified atom stereocenters. The first-order chi connectivity index (χ1) is 14.1.